The molecule has 0 spiro atoms. The molecule has 0 saturated carbocycles. The molecule has 1 aliphatic rings. The van der Waals surface area contributed by atoms with E-state index in [0.717, 1.165) is 41.8 Å². The van der Waals surface area contributed by atoms with Crippen LogP contribution in [0.1, 0.15) is 46.4 Å². The minimum absolute atomic E-state index is 0.263. The summed E-state index contributed by atoms with van der Waals surface area (Å²) in [4.78, 5) is 18.6. The predicted octanol–water partition coefficient (Wildman–Crippen LogP) is 4.64. The third-order valence-electron chi connectivity index (χ3n) is 5.62. The summed E-state index contributed by atoms with van der Waals surface area (Å²) in [5.41, 5.74) is 4.83. The number of likely N-dealkylation sites (N-methyl/N-ethyl adjacent to an activating group) is 1. The Balaban J connectivity index is 1.59. The summed E-state index contributed by atoms with van der Waals surface area (Å²) in [6.07, 6.45) is 1.18. The van der Waals surface area contributed by atoms with Crippen LogP contribution < -0.4 is 0 Å². The molecule has 0 amide bonds. The van der Waals surface area contributed by atoms with Gasteiger partial charge in [0.25, 0.3) is 0 Å². The number of H-pyrrole nitrogens is 1. The van der Waals surface area contributed by atoms with E-state index in [2.05, 4.69) is 35.0 Å². The van der Waals surface area contributed by atoms with Crippen molar-refractivity contribution < 1.29 is 9.53 Å². The van der Waals surface area contributed by atoms with E-state index in [1.807, 2.05) is 37.3 Å². The normalized spacial score (nSPS) is 17.5. The van der Waals surface area contributed by atoms with Gasteiger partial charge in [0, 0.05) is 23.1 Å². The number of likely N-dealkylation sites (tertiary alicyclic amines) is 1. The number of nitrogens with one attached hydrogen (secondary N) is 1. The Morgan fingerprint density at radius 2 is 2.04 bits per heavy atom. The van der Waals surface area contributed by atoms with Crippen LogP contribution in [0.4, 0.5) is 0 Å². The topological polar surface area (TPSA) is 45.3 Å². The fraction of sp³-hybridized carbons (Fsp3) is 0.348. The maximum atomic E-state index is 12.8. The third kappa shape index (κ3) is 3.62. The minimum atomic E-state index is -0.263. The van der Waals surface area contributed by atoms with Gasteiger partial charge in [0.05, 0.1) is 5.56 Å². The molecule has 3 aromatic rings. The number of nitrogens with zero attached hydrogens (tertiary/aromatic N) is 1. The smallest absolute Gasteiger partial charge is 0.340 e. The van der Waals surface area contributed by atoms with Crippen molar-refractivity contribution in [3.8, 4) is 0 Å². The van der Waals surface area contributed by atoms with E-state index in [4.69, 9.17) is 4.74 Å². The average molecular weight is 362 g/mol. The molecule has 4 rings (SSSR count). The highest BCUT2D eigenvalue weighted by molar-refractivity contribution is 6.05. The highest BCUT2D eigenvalue weighted by Crippen LogP contribution is 2.31. The van der Waals surface area contributed by atoms with Gasteiger partial charge >= 0.3 is 5.97 Å². The number of esters is 1. The molecule has 0 bridgehead atoms. The molecule has 140 valence electrons. The van der Waals surface area contributed by atoms with Crippen LogP contribution in [-0.2, 0) is 11.3 Å². The SMILES string of the molecule is CCN1CCC(c2ccc3[nH]c(C)c(C(=O)OCc4ccccc4)c3c2)C1. The van der Waals surface area contributed by atoms with Crippen LogP contribution in [0.15, 0.2) is 48.5 Å². The van der Waals surface area contributed by atoms with Crippen molar-refractivity contribution in [3.63, 3.8) is 0 Å². The van der Waals surface area contributed by atoms with E-state index in [-0.39, 0.29) is 5.97 Å². The van der Waals surface area contributed by atoms with Crippen molar-refractivity contribution in [2.24, 2.45) is 0 Å². The van der Waals surface area contributed by atoms with Gasteiger partial charge in [-0.05, 0) is 55.6 Å². The lowest BCUT2D eigenvalue weighted by Crippen LogP contribution is -2.19. The van der Waals surface area contributed by atoms with Crippen molar-refractivity contribution in [1.29, 1.82) is 0 Å². The lowest BCUT2D eigenvalue weighted by Gasteiger charge is -2.13. The summed E-state index contributed by atoms with van der Waals surface area (Å²) in [7, 11) is 0. The first kappa shape index (κ1) is 17.8. The van der Waals surface area contributed by atoms with Crippen LogP contribution in [0.3, 0.4) is 0 Å². The van der Waals surface area contributed by atoms with Crippen LogP contribution in [-0.4, -0.2) is 35.5 Å². The molecule has 4 heteroatoms. The summed E-state index contributed by atoms with van der Waals surface area (Å²) in [6, 6.07) is 16.3. The number of carbonyl (C=O) groups excluding carboxylic acids is 1. The zero-order chi connectivity index (χ0) is 18.8. The zero-order valence-corrected chi connectivity index (χ0v) is 16.0. The predicted molar refractivity (Wildman–Crippen MR) is 108 cm³/mol. The van der Waals surface area contributed by atoms with Crippen molar-refractivity contribution in [3.05, 3.63) is 70.9 Å². The monoisotopic (exact) mass is 362 g/mol. The van der Waals surface area contributed by atoms with E-state index in [0.29, 0.717) is 18.1 Å². The number of aryl methyl sites for hydroxylation is 1. The van der Waals surface area contributed by atoms with Crippen LogP contribution in [0, 0.1) is 6.92 Å². The van der Waals surface area contributed by atoms with Gasteiger partial charge in [-0.2, -0.15) is 0 Å². The molecule has 1 atom stereocenters. The number of hydrogen-bond donors (Lipinski definition) is 1. The van der Waals surface area contributed by atoms with E-state index >= 15 is 0 Å². The van der Waals surface area contributed by atoms with Gasteiger partial charge in [0.1, 0.15) is 6.61 Å². The number of aromatic amines is 1. The lowest BCUT2D eigenvalue weighted by atomic mass is 9.96. The quantitative estimate of drug-likeness (QED) is 0.673. The maximum absolute atomic E-state index is 12.8. The molecule has 1 aliphatic heterocycles. The molecule has 2 aromatic carbocycles. The third-order valence-corrected chi connectivity index (χ3v) is 5.62. The van der Waals surface area contributed by atoms with Gasteiger partial charge < -0.3 is 14.6 Å². The fourth-order valence-corrected chi connectivity index (χ4v) is 4.05. The fourth-order valence-electron chi connectivity index (χ4n) is 4.05. The minimum Gasteiger partial charge on any atom is -0.457 e. The van der Waals surface area contributed by atoms with Crippen LogP contribution in [0.2, 0.25) is 0 Å². The molecule has 27 heavy (non-hydrogen) atoms. The summed E-state index contributed by atoms with van der Waals surface area (Å²) >= 11 is 0. The van der Waals surface area contributed by atoms with Gasteiger partial charge in [-0.1, -0.05) is 43.3 Å². The molecule has 0 aliphatic carbocycles. The van der Waals surface area contributed by atoms with Gasteiger partial charge in [0.15, 0.2) is 0 Å². The average Bonchev–Trinajstić information content (AvgIpc) is 3.30. The van der Waals surface area contributed by atoms with Crippen LogP contribution in [0.5, 0.6) is 0 Å². The molecule has 4 nitrogen and oxygen atoms in total. The summed E-state index contributed by atoms with van der Waals surface area (Å²) in [6.45, 7) is 7.78. The molecule has 1 saturated heterocycles. The maximum Gasteiger partial charge on any atom is 0.340 e. The molecule has 1 fully saturated rings. The van der Waals surface area contributed by atoms with Gasteiger partial charge in [-0.3, -0.25) is 0 Å². The Bertz CT molecular complexity index is 946. The van der Waals surface area contributed by atoms with Gasteiger partial charge in [-0.25, -0.2) is 4.79 Å². The Hall–Kier alpha value is -2.59. The van der Waals surface area contributed by atoms with Gasteiger partial charge in [-0.15, -0.1) is 0 Å². The summed E-state index contributed by atoms with van der Waals surface area (Å²) < 4.78 is 5.59. The number of benzene rings is 2. The highest BCUT2D eigenvalue weighted by atomic mass is 16.5. The number of aromatic nitrogens is 1. The number of fused-ring (bicyclic) bond motifs is 1. The molecule has 1 unspecified atom stereocenters. The van der Waals surface area contributed by atoms with E-state index in [9.17, 15) is 4.79 Å². The molecular weight excluding hydrogens is 336 g/mol. The molecule has 1 N–H and O–H groups in total. The Labute approximate surface area is 160 Å². The number of rotatable bonds is 5. The second-order valence-electron chi connectivity index (χ2n) is 7.37. The van der Waals surface area contributed by atoms with Crippen molar-refractivity contribution >= 4 is 16.9 Å². The largest absolute Gasteiger partial charge is 0.457 e. The molecule has 1 aromatic heterocycles. The van der Waals surface area contributed by atoms with Crippen LogP contribution >= 0.6 is 0 Å². The van der Waals surface area contributed by atoms with E-state index < -0.39 is 0 Å². The van der Waals surface area contributed by atoms with Crippen molar-refractivity contribution in [2.45, 2.75) is 32.8 Å². The second-order valence-corrected chi connectivity index (χ2v) is 7.37. The van der Waals surface area contributed by atoms with Crippen molar-refractivity contribution in [1.82, 2.24) is 9.88 Å². The van der Waals surface area contributed by atoms with E-state index in [1.165, 1.54) is 12.0 Å². The van der Waals surface area contributed by atoms with Gasteiger partial charge in [0.2, 0.25) is 0 Å². The first-order valence-corrected chi connectivity index (χ1v) is 9.71. The molecular formula is C23H26N2O2. The molecule has 2 heterocycles. The first-order valence-electron chi connectivity index (χ1n) is 9.71. The first-order chi connectivity index (χ1) is 13.2. The Morgan fingerprint density at radius 1 is 1.22 bits per heavy atom. The summed E-state index contributed by atoms with van der Waals surface area (Å²) in [5, 5.41) is 0.970. The van der Waals surface area contributed by atoms with E-state index in [1.54, 1.807) is 0 Å². The number of carbonyl (C=O) groups is 1. The van der Waals surface area contributed by atoms with Crippen LogP contribution in [0.25, 0.3) is 10.9 Å². The lowest BCUT2D eigenvalue weighted by molar-refractivity contribution is 0.0474. The zero-order valence-electron chi connectivity index (χ0n) is 16.0. The summed E-state index contributed by atoms with van der Waals surface area (Å²) in [5.74, 6) is 0.277. The number of ether oxygens (including phenoxy) is 1. The van der Waals surface area contributed by atoms with Crippen molar-refractivity contribution in [2.75, 3.05) is 19.6 Å². The number of hydrogen-bond acceptors (Lipinski definition) is 3. The Kier molecular flexibility index (Phi) is 4.99. The Morgan fingerprint density at radius 3 is 2.78 bits per heavy atom. The molecule has 0 radical (unpaired) electrons. The highest BCUT2D eigenvalue weighted by Gasteiger charge is 2.24. The standard InChI is InChI=1S/C23H26N2O2/c1-3-25-12-11-19(14-25)18-9-10-21-20(13-18)22(16(2)24-21)23(26)27-15-17-7-5-4-6-8-17/h4-10,13,19,24H,3,11-12,14-15H2,1-2H3. The second kappa shape index (κ2) is 7.57.